The minimum absolute atomic E-state index is 0.0867. The van der Waals surface area contributed by atoms with E-state index in [1.165, 1.54) is 51.1 Å². The fourth-order valence-corrected chi connectivity index (χ4v) is 8.10. The second-order valence-corrected chi connectivity index (χ2v) is 12.8. The molecule has 0 unspecified atom stereocenters. The number of hydrogen-bond donors (Lipinski definition) is 1. The summed E-state index contributed by atoms with van der Waals surface area (Å²) in [5.41, 5.74) is 5.72. The summed E-state index contributed by atoms with van der Waals surface area (Å²) < 4.78 is 6.81. The minimum atomic E-state index is -0.744. The summed E-state index contributed by atoms with van der Waals surface area (Å²) in [4.78, 5) is 46.3. The Balaban J connectivity index is 1.28. The smallest absolute Gasteiger partial charge is 0.356 e. The molecule has 2 aromatic carbocycles. The third kappa shape index (κ3) is 5.55. The van der Waals surface area contributed by atoms with Crippen LogP contribution in [0.5, 0.6) is 0 Å². The van der Waals surface area contributed by atoms with Gasteiger partial charge in [0.2, 0.25) is 5.91 Å². The van der Waals surface area contributed by atoms with Crippen molar-refractivity contribution in [3.8, 4) is 0 Å². The van der Waals surface area contributed by atoms with Crippen molar-refractivity contribution in [3.63, 3.8) is 0 Å². The van der Waals surface area contributed by atoms with Crippen LogP contribution in [0.3, 0.4) is 0 Å². The first-order valence-corrected chi connectivity index (χ1v) is 15.9. The number of ether oxygens (including phenoxy) is 1. The Kier molecular flexibility index (Phi) is 7.96. The molecule has 2 atom stereocenters. The van der Waals surface area contributed by atoms with Crippen molar-refractivity contribution in [2.24, 2.45) is 0 Å². The molecule has 202 valence electrons. The average molecular weight is 608 g/mol. The zero-order valence-electron chi connectivity index (χ0n) is 20.7. The summed E-state index contributed by atoms with van der Waals surface area (Å²) in [6.07, 6.45) is -0.586. The lowest BCUT2D eigenvalue weighted by Gasteiger charge is -2.49. The molecule has 9 nitrogen and oxygen atoms in total. The molecule has 0 bridgehead atoms. The Hall–Kier alpha value is -3.52. The van der Waals surface area contributed by atoms with E-state index in [0.29, 0.717) is 20.7 Å². The first-order chi connectivity index (χ1) is 19.6. The number of benzene rings is 2. The third-order valence-corrected chi connectivity index (χ3v) is 10.2. The van der Waals surface area contributed by atoms with Gasteiger partial charge in [0, 0.05) is 16.0 Å². The standard InChI is InChI=1S/C27H21N5O4S4/c33-20(11-18-12-37-14-28-18)30-21-24(34)32-22(19(13-38-25(21)32)40-27-31-29-15-39-27)26(35)36-23(16-7-3-1-4-8-16)17-9-5-2-6-10-17/h1-10,12,14-15,21,23,25H,11,13H2,(H,30,33)/t21-,25+/m1/s1. The van der Waals surface area contributed by atoms with E-state index in [2.05, 4.69) is 20.5 Å². The van der Waals surface area contributed by atoms with Crippen molar-refractivity contribution < 1.29 is 19.1 Å². The number of thioether (sulfide) groups is 2. The number of β-lactam (4-membered cyclic amide) rings is 1. The summed E-state index contributed by atoms with van der Waals surface area (Å²) in [7, 11) is 0. The Labute approximate surface area is 246 Å². The summed E-state index contributed by atoms with van der Waals surface area (Å²) in [5, 5.41) is 12.2. The molecule has 1 fully saturated rings. The summed E-state index contributed by atoms with van der Waals surface area (Å²) in [6.45, 7) is 0. The monoisotopic (exact) mass is 607 g/mol. The molecular weight excluding hydrogens is 587 g/mol. The Morgan fingerprint density at radius 3 is 2.42 bits per heavy atom. The van der Waals surface area contributed by atoms with Gasteiger partial charge in [-0.25, -0.2) is 9.78 Å². The predicted molar refractivity (Wildman–Crippen MR) is 154 cm³/mol. The van der Waals surface area contributed by atoms with Crippen LogP contribution >= 0.6 is 46.2 Å². The highest BCUT2D eigenvalue weighted by Crippen LogP contribution is 2.46. The van der Waals surface area contributed by atoms with Crippen LogP contribution in [-0.4, -0.2) is 55.0 Å². The SMILES string of the molecule is O=C(Cc1cscn1)N[C@@H]1C(=O)N2C(C(=O)OC(c3ccccc3)c3ccccc3)=C(Sc3nncs3)CS[C@@H]12. The van der Waals surface area contributed by atoms with Crippen molar-refractivity contribution in [1.29, 1.82) is 0 Å². The molecule has 2 aromatic heterocycles. The van der Waals surface area contributed by atoms with Gasteiger partial charge in [0.1, 0.15) is 22.6 Å². The molecular formula is C27H21N5O4S4. The number of carbonyl (C=O) groups excluding carboxylic acids is 3. The van der Waals surface area contributed by atoms with Gasteiger partial charge in [0.05, 0.1) is 17.6 Å². The molecule has 0 aliphatic carbocycles. The maximum absolute atomic E-state index is 13.9. The third-order valence-electron chi connectivity index (χ3n) is 6.25. The number of fused-ring (bicyclic) bond motifs is 1. The largest absolute Gasteiger partial charge is 0.448 e. The fraction of sp³-hybridized carbons (Fsp3) is 0.185. The Morgan fingerprint density at radius 2 is 1.80 bits per heavy atom. The van der Waals surface area contributed by atoms with Gasteiger partial charge >= 0.3 is 5.97 Å². The van der Waals surface area contributed by atoms with E-state index >= 15 is 0 Å². The molecule has 0 radical (unpaired) electrons. The molecule has 1 saturated heterocycles. The molecule has 40 heavy (non-hydrogen) atoms. The number of rotatable bonds is 9. The molecule has 0 spiro atoms. The van der Waals surface area contributed by atoms with Crippen LogP contribution < -0.4 is 5.32 Å². The number of esters is 1. The Bertz CT molecular complexity index is 1490. The molecule has 2 aliphatic heterocycles. The van der Waals surface area contributed by atoms with E-state index < -0.39 is 23.5 Å². The number of aromatic nitrogens is 3. The summed E-state index contributed by atoms with van der Waals surface area (Å²) in [6, 6.07) is 18.2. The van der Waals surface area contributed by atoms with Crippen LogP contribution in [0.1, 0.15) is 22.9 Å². The highest BCUT2D eigenvalue weighted by molar-refractivity contribution is 8.07. The zero-order chi connectivity index (χ0) is 27.5. The first-order valence-electron chi connectivity index (χ1n) is 12.2. The highest BCUT2D eigenvalue weighted by atomic mass is 32.2. The van der Waals surface area contributed by atoms with E-state index in [-0.39, 0.29) is 23.9 Å². The number of carbonyl (C=O) groups is 3. The Morgan fingerprint density at radius 1 is 1.07 bits per heavy atom. The molecule has 6 rings (SSSR count). The second kappa shape index (κ2) is 11.9. The van der Waals surface area contributed by atoms with Crippen LogP contribution in [0.4, 0.5) is 0 Å². The molecule has 2 aliphatic rings. The topological polar surface area (TPSA) is 114 Å². The van der Waals surface area contributed by atoms with Gasteiger partial charge in [-0.3, -0.25) is 14.5 Å². The first kappa shape index (κ1) is 26.7. The van der Waals surface area contributed by atoms with Crippen molar-refractivity contribution >= 4 is 64.0 Å². The average Bonchev–Trinajstić information content (AvgIpc) is 3.70. The van der Waals surface area contributed by atoms with E-state index in [1.807, 2.05) is 60.7 Å². The highest BCUT2D eigenvalue weighted by Gasteiger charge is 2.55. The van der Waals surface area contributed by atoms with Gasteiger partial charge in [0.15, 0.2) is 10.4 Å². The van der Waals surface area contributed by atoms with Crippen LogP contribution in [0.25, 0.3) is 0 Å². The molecule has 0 saturated carbocycles. The van der Waals surface area contributed by atoms with E-state index in [1.54, 1.807) is 16.4 Å². The molecule has 4 aromatic rings. The van der Waals surface area contributed by atoms with Gasteiger partial charge in [0.25, 0.3) is 5.91 Å². The normalized spacial score (nSPS) is 18.3. The van der Waals surface area contributed by atoms with Gasteiger partial charge in [-0.15, -0.1) is 33.3 Å². The molecule has 4 heterocycles. The van der Waals surface area contributed by atoms with Crippen LogP contribution in [0, 0.1) is 0 Å². The van der Waals surface area contributed by atoms with Crippen molar-refractivity contribution in [1.82, 2.24) is 25.4 Å². The molecule has 13 heteroatoms. The lowest BCUT2D eigenvalue weighted by Crippen LogP contribution is -2.70. The van der Waals surface area contributed by atoms with Crippen LogP contribution in [0.2, 0.25) is 0 Å². The van der Waals surface area contributed by atoms with E-state index in [0.717, 1.165) is 11.1 Å². The lowest BCUT2D eigenvalue weighted by molar-refractivity contribution is -0.154. The fourth-order valence-electron chi connectivity index (χ4n) is 4.43. The van der Waals surface area contributed by atoms with Gasteiger partial charge in [-0.1, -0.05) is 83.8 Å². The second-order valence-electron chi connectivity index (χ2n) is 8.80. The van der Waals surface area contributed by atoms with Gasteiger partial charge < -0.3 is 10.1 Å². The van der Waals surface area contributed by atoms with E-state index in [9.17, 15) is 14.4 Å². The number of amides is 2. The molecule has 1 N–H and O–H groups in total. The summed E-state index contributed by atoms with van der Waals surface area (Å²) in [5.74, 6) is -0.819. The lowest BCUT2D eigenvalue weighted by atomic mass is 10.0. The van der Waals surface area contributed by atoms with Gasteiger partial charge in [-0.2, -0.15) is 0 Å². The summed E-state index contributed by atoms with van der Waals surface area (Å²) >= 11 is 5.54. The van der Waals surface area contributed by atoms with E-state index in [4.69, 9.17) is 4.74 Å². The van der Waals surface area contributed by atoms with Crippen LogP contribution in [0.15, 0.2) is 92.0 Å². The minimum Gasteiger partial charge on any atom is -0.448 e. The number of hydrogen-bond acceptors (Lipinski definition) is 11. The quantitative estimate of drug-likeness (QED) is 0.220. The number of thiazole rings is 1. The maximum atomic E-state index is 13.9. The maximum Gasteiger partial charge on any atom is 0.356 e. The van der Waals surface area contributed by atoms with Crippen LogP contribution in [-0.2, 0) is 25.5 Å². The number of nitrogens with one attached hydrogen (secondary N) is 1. The molecule has 2 amide bonds. The van der Waals surface area contributed by atoms with Crippen molar-refractivity contribution in [2.75, 3.05) is 5.75 Å². The predicted octanol–water partition coefficient (Wildman–Crippen LogP) is 4.27. The zero-order valence-corrected chi connectivity index (χ0v) is 24.0. The van der Waals surface area contributed by atoms with Crippen molar-refractivity contribution in [3.05, 3.63) is 104 Å². The van der Waals surface area contributed by atoms with Gasteiger partial charge in [-0.05, 0) is 11.1 Å². The number of nitrogens with zero attached hydrogens (tertiary/aromatic N) is 4. The van der Waals surface area contributed by atoms with Crippen molar-refractivity contribution in [2.45, 2.75) is 28.3 Å².